The molecule has 0 aromatic heterocycles. The van der Waals surface area contributed by atoms with E-state index in [-0.39, 0.29) is 5.48 Å². The molecule has 2 heteroatoms. The van der Waals surface area contributed by atoms with Crippen molar-refractivity contribution in [3.05, 3.63) is 34.4 Å². The van der Waals surface area contributed by atoms with Crippen molar-refractivity contribution in [2.45, 2.75) is 34.6 Å². The van der Waals surface area contributed by atoms with Gasteiger partial charge in [0.1, 0.15) is 6.29 Å². The predicted octanol–water partition coefficient (Wildman–Crippen LogP) is 2.30. The molecule has 0 fully saturated rings. The highest BCUT2D eigenvalue weighted by Crippen LogP contribution is 2.13. The van der Waals surface area contributed by atoms with Gasteiger partial charge in [-0.1, -0.05) is 17.7 Å². The van der Waals surface area contributed by atoms with Crippen molar-refractivity contribution in [1.82, 2.24) is 0 Å². The molecule has 0 radical (unpaired) electrons. The lowest BCUT2D eigenvalue weighted by atomic mass is 10.0. The van der Waals surface area contributed by atoms with E-state index in [1.54, 1.807) is 0 Å². The lowest BCUT2D eigenvalue weighted by Crippen LogP contribution is -1.86. The highest BCUT2D eigenvalue weighted by Gasteiger charge is 1.95. The topological polar surface area (TPSA) is 48.6 Å². The molecule has 1 aromatic carbocycles. The van der Waals surface area contributed by atoms with E-state index in [2.05, 4.69) is 39.8 Å². The Bertz CT molecular complexity index is 267. The zero-order valence-electron chi connectivity index (χ0n) is 9.64. The van der Waals surface area contributed by atoms with Crippen molar-refractivity contribution in [3.8, 4) is 0 Å². The zero-order valence-corrected chi connectivity index (χ0v) is 9.64. The first kappa shape index (κ1) is 15.3. The highest BCUT2D eigenvalue weighted by molar-refractivity contribution is 5.44. The molecule has 14 heavy (non-hydrogen) atoms. The molecule has 0 amide bonds. The molecule has 0 saturated heterocycles. The fraction of sp³-hybridized carbons (Fsp3) is 0.417. The lowest BCUT2D eigenvalue weighted by Gasteiger charge is -2.04. The van der Waals surface area contributed by atoms with Crippen LogP contribution in [0.2, 0.25) is 0 Å². The van der Waals surface area contributed by atoms with Gasteiger partial charge in [-0.2, -0.15) is 0 Å². The Morgan fingerprint density at radius 2 is 1.29 bits per heavy atom. The Balaban J connectivity index is 0. The van der Waals surface area contributed by atoms with Gasteiger partial charge in [0, 0.05) is 0 Å². The van der Waals surface area contributed by atoms with Crippen LogP contribution in [-0.2, 0) is 4.79 Å². The number of hydrogen-bond acceptors (Lipinski definition) is 1. The van der Waals surface area contributed by atoms with E-state index in [4.69, 9.17) is 4.79 Å². The van der Waals surface area contributed by atoms with Crippen LogP contribution in [0.5, 0.6) is 0 Å². The van der Waals surface area contributed by atoms with Crippen LogP contribution in [0.1, 0.15) is 29.2 Å². The van der Waals surface area contributed by atoms with Gasteiger partial charge in [-0.05, 0) is 51.3 Å². The molecule has 0 aliphatic carbocycles. The SMILES string of the molecule is CC=O.Cc1cc(C)c(C)c(C)c1.O. The van der Waals surface area contributed by atoms with Crippen molar-refractivity contribution in [1.29, 1.82) is 0 Å². The molecule has 0 spiro atoms. The normalized spacial score (nSPS) is 8.07. The molecule has 2 nitrogen and oxygen atoms in total. The number of carbonyl (C=O) groups is 1. The van der Waals surface area contributed by atoms with Gasteiger partial charge in [0.05, 0.1) is 0 Å². The highest BCUT2D eigenvalue weighted by atomic mass is 16.1. The second-order valence-corrected chi connectivity index (χ2v) is 3.26. The zero-order chi connectivity index (χ0) is 10.4. The van der Waals surface area contributed by atoms with E-state index in [1.807, 2.05) is 0 Å². The molecule has 0 unspecified atom stereocenters. The Morgan fingerprint density at radius 3 is 1.57 bits per heavy atom. The Kier molecular flexibility index (Phi) is 7.96. The van der Waals surface area contributed by atoms with E-state index < -0.39 is 0 Å². The summed E-state index contributed by atoms with van der Waals surface area (Å²) >= 11 is 0. The maximum Gasteiger partial charge on any atom is 0.116 e. The molecule has 80 valence electrons. The van der Waals surface area contributed by atoms with Crippen molar-refractivity contribution in [2.75, 3.05) is 0 Å². The van der Waals surface area contributed by atoms with Crippen LogP contribution in [-0.4, -0.2) is 11.8 Å². The number of hydrogen-bond donors (Lipinski definition) is 0. The van der Waals surface area contributed by atoms with Gasteiger partial charge in [0.15, 0.2) is 0 Å². The van der Waals surface area contributed by atoms with Crippen LogP contribution in [0.4, 0.5) is 0 Å². The number of carbonyl (C=O) groups excluding carboxylic acids is 1. The Labute approximate surface area is 86.3 Å². The first-order valence-electron chi connectivity index (χ1n) is 4.47. The monoisotopic (exact) mass is 196 g/mol. The summed E-state index contributed by atoms with van der Waals surface area (Å²) < 4.78 is 0. The maximum absolute atomic E-state index is 8.81. The van der Waals surface area contributed by atoms with Crippen LogP contribution in [0, 0.1) is 27.7 Å². The van der Waals surface area contributed by atoms with Gasteiger partial charge >= 0.3 is 0 Å². The summed E-state index contributed by atoms with van der Waals surface area (Å²) in [4.78, 5) is 8.81. The minimum atomic E-state index is 0. The van der Waals surface area contributed by atoms with Crippen molar-refractivity contribution in [3.63, 3.8) is 0 Å². The van der Waals surface area contributed by atoms with E-state index >= 15 is 0 Å². The van der Waals surface area contributed by atoms with Gasteiger partial charge in [0.2, 0.25) is 0 Å². The van der Waals surface area contributed by atoms with E-state index in [9.17, 15) is 0 Å². The second kappa shape index (κ2) is 7.27. The van der Waals surface area contributed by atoms with E-state index in [1.165, 1.54) is 29.2 Å². The molecular formula is C12H20O2. The van der Waals surface area contributed by atoms with Gasteiger partial charge < -0.3 is 10.3 Å². The van der Waals surface area contributed by atoms with Crippen molar-refractivity contribution in [2.24, 2.45) is 0 Å². The third-order valence-corrected chi connectivity index (χ3v) is 2.07. The summed E-state index contributed by atoms with van der Waals surface area (Å²) in [6.45, 7) is 10.1. The minimum Gasteiger partial charge on any atom is -0.412 e. The van der Waals surface area contributed by atoms with Crippen LogP contribution in [0.25, 0.3) is 0 Å². The standard InChI is InChI=1S/C10H14.C2H4O.H2O/c1-7-5-8(2)10(4)9(3)6-7;1-2-3;/h5-6H,1-4H3;2H,1H3;1H2. The molecule has 2 N–H and O–H groups in total. The number of rotatable bonds is 0. The van der Waals surface area contributed by atoms with Crippen molar-refractivity contribution < 1.29 is 10.3 Å². The third kappa shape index (κ3) is 4.77. The molecule has 0 saturated carbocycles. The molecular weight excluding hydrogens is 176 g/mol. The molecule has 0 bridgehead atoms. The quantitative estimate of drug-likeness (QED) is 0.587. The summed E-state index contributed by atoms with van der Waals surface area (Å²) in [7, 11) is 0. The third-order valence-electron chi connectivity index (χ3n) is 2.07. The lowest BCUT2D eigenvalue weighted by molar-refractivity contribution is -0.106. The molecule has 0 atom stereocenters. The average Bonchev–Trinajstić information content (AvgIpc) is 2.01. The van der Waals surface area contributed by atoms with E-state index in [0.29, 0.717) is 0 Å². The number of benzene rings is 1. The van der Waals surface area contributed by atoms with Gasteiger partial charge in [-0.15, -0.1) is 0 Å². The average molecular weight is 196 g/mol. The van der Waals surface area contributed by atoms with Gasteiger partial charge in [0.25, 0.3) is 0 Å². The van der Waals surface area contributed by atoms with Crippen LogP contribution >= 0.6 is 0 Å². The summed E-state index contributed by atoms with van der Waals surface area (Å²) in [6, 6.07) is 4.45. The number of aldehydes is 1. The molecule has 1 aromatic rings. The maximum atomic E-state index is 8.81. The van der Waals surface area contributed by atoms with Crippen molar-refractivity contribution >= 4 is 6.29 Å². The molecule has 0 aliphatic rings. The van der Waals surface area contributed by atoms with Crippen LogP contribution < -0.4 is 0 Å². The summed E-state index contributed by atoms with van der Waals surface area (Å²) in [6.07, 6.45) is 0.750. The smallest absolute Gasteiger partial charge is 0.116 e. The Morgan fingerprint density at radius 1 is 1.00 bits per heavy atom. The minimum absolute atomic E-state index is 0. The van der Waals surface area contributed by atoms with E-state index in [0.717, 1.165) is 6.29 Å². The molecule has 0 aliphatic heterocycles. The summed E-state index contributed by atoms with van der Waals surface area (Å²) in [5.74, 6) is 0. The van der Waals surface area contributed by atoms with Gasteiger partial charge in [-0.3, -0.25) is 0 Å². The largest absolute Gasteiger partial charge is 0.412 e. The fourth-order valence-electron chi connectivity index (χ4n) is 1.25. The molecule has 0 heterocycles. The molecule has 1 rings (SSSR count). The van der Waals surface area contributed by atoms with Crippen LogP contribution in [0.3, 0.4) is 0 Å². The Hall–Kier alpha value is -1.15. The first-order valence-corrected chi connectivity index (χ1v) is 4.47. The number of aryl methyl sites for hydroxylation is 3. The van der Waals surface area contributed by atoms with Gasteiger partial charge in [-0.25, -0.2) is 0 Å². The second-order valence-electron chi connectivity index (χ2n) is 3.26. The van der Waals surface area contributed by atoms with Crippen LogP contribution in [0.15, 0.2) is 12.1 Å². The summed E-state index contributed by atoms with van der Waals surface area (Å²) in [5, 5.41) is 0. The fourth-order valence-corrected chi connectivity index (χ4v) is 1.25. The predicted molar refractivity (Wildman–Crippen MR) is 60.7 cm³/mol. The summed E-state index contributed by atoms with van der Waals surface area (Å²) in [5.41, 5.74) is 5.58. The first-order chi connectivity index (χ1) is 6.02.